The van der Waals surface area contributed by atoms with Crippen LogP contribution in [-0.2, 0) is 4.79 Å². The van der Waals surface area contributed by atoms with Gasteiger partial charge in [-0.3, -0.25) is 9.59 Å². The fraction of sp³-hybridized carbons (Fsp3) is 0.571. The lowest BCUT2D eigenvalue weighted by Gasteiger charge is -2.30. The summed E-state index contributed by atoms with van der Waals surface area (Å²) in [5.41, 5.74) is -0.0975. The lowest BCUT2D eigenvalue weighted by molar-refractivity contribution is -0.133. The third kappa shape index (κ3) is 7.41. The third-order valence-corrected chi connectivity index (χ3v) is 8.71. The second kappa shape index (κ2) is 12.1. The Morgan fingerprint density at radius 2 is 1.89 bits per heavy atom. The van der Waals surface area contributed by atoms with Crippen LogP contribution in [-0.4, -0.2) is 65.6 Å². The van der Waals surface area contributed by atoms with Crippen LogP contribution >= 0.6 is 11.8 Å². The van der Waals surface area contributed by atoms with Gasteiger partial charge in [0.25, 0.3) is 5.91 Å². The van der Waals surface area contributed by atoms with E-state index in [1.54, 1.807) is 42.1 Å². The van der Waals surface area contributed by atoms with Crippen molar-refractivity contribution in [3.63, 3.8) is 0 Å². The molecule has 0 radical (unpaired) electrons. The maximum absolute atomic E-state index is 13.2. The Morgan fingerprint density at radius 1 is 1.16 bits per heavy atom. The second-order valence-electron chi connectivity index (χ2n) is 10.4. The molecule has 4 rings (SSSR count). The first-order valence-corrected chi connectivity index (χ1v) is 14.3. The van der Waals surface area contributed by atoms with Crippen molar-refractivity contribution in [2.45, 2.75) is 56.8 Å². The minimum atomic E-state index is -4.28. The van der Waals surface area contributed by atoms with E-state index in [0.717, 1.165) is 51.1 Å². The van der Waals surface area contributed by atoms with Gasteiger partial charge >= 0.3 is 6.18 Å². The number of piperidine rings is 1. The molecule has 1 saturated heterocycles. The highest BCUT2D eigenvalue weighted by Gasteiger charge is 2.53. The van der Waals surface area contributed by atoms with Crippen LogP contribution in [0.5, 0.6) is 0 Å². The number of benzene rings is 1. The fourth-order valence-corrected chi connectivity index (χ4v) is 6.20. The topological polar surface area (TPSA) is 61.4 Å². The summed E-state index contributed by atoms with van der Waals surface area (Å²) in [6.07, 6.45) is 4.42. The Hall–Kier alpha value is -2.26. The number of hydrogen-bond acceptors (Lipinski definition) is 4. The van der Waals surface area contributed by atoms with E-state index in [2.05, 4.69) is 17.6 Å². The van der Waals surface area contributed by atoms with Crippen LogP contribution in [0, 0.1) is 11.8 Å². The monoisotopic (exact) mass is 535 g/mol. The van der Waals surface area contributed by atoms with Gasteiger partial charge in [-0.15, -0.1) is 0 Å². The highest BCUT2D eigenvalue weighted by Crippen LogP contribution is 2.51. The predicted octanol–water partition coefficient (Wildman–Crippen LogP) is 4.96. The molecule has 1 heterocycles. The van der Waals surface area contributed by atoms with E-state index in [1.807, 2.05) is 11.0 Å². The van der Waals surface area contributed by atoms with Crippen molar-refractivity contribution in [2.24, 2.45) is 11.8 Å². The van der Waals surface area contributed by atoms with Crippen molar-refractivity contribution < 1.29 is 22.8 Å². The molecule has 0 bridgehead atoms. The fourth-order valence-electron chi connectivity index (χ4n) is 5.32. The highest BCUT2D eigenvalue weighted by atomic mass is 32.2. The molecule has 2 unspecified atom stereocenters. The van der Waals surface area contributed by atoms with Gasteiger partial charge < -0.3 is 15.5 Å². The number of allylic oxidation sites excluding steroid dienone is 4. The minimum Gasteiger partial charge on any atom is -0.341 e. The molecule has 1 aromatic carbocycles. The summed E-state index contributed by atoms with van der Waals surface area (Å²) in [5, 5.41) is 6.52. The smallest absolute Gasteiger partial charge is 0.341 e. The number of nitrogens with one attached hydrogen (secondary N) is 2. The van der Waals surface area contributed by atoms with Gasteiger partial charge in [-0.25, -0.2) is 0 Å². The summed E-state index contributed by atoms with van der Waals surface area (Å²) < 4.78 is 38.6. The quantitative estimate of drug-likeness (QED) is 0.416. The van der Waals surface area contributed by atoms with E-state index in [1.165, 1.54) is 12.2 Å². The number of carbonyl (C=O) groups excluding carboxylic acids is 2. The van der Waals surface area contributed by atoms with Crippen LogP contribution in [0.3, 0.4) is 0 Å². The van der Waals surface area contributed by atoms with Crippen LogP contribution in [0.15, 0.2) is 54.1 Å². The predicted molar refractivity (Wildman–Crippen MR) is 141 cm³/mol. The third-order valence-electron chi connectivity index (χ3n) is 7.65. The number of nitrogens with zero attached hydrogens (tertiary/aromatic N) is 1. The van der Waals surface area contributed by atoms with Crippen molar-refractivity contribution in [2.75, 3.05) is 31.1 Å². The first-order valence-electron chi connectivity index (χ1n) is 13.1. The van der Waals surface area contributed by atoms with Gasteiger partial charge in [0.05, 0.1) is 5.57 Å². The Morgan fingerprint density at radius 3 is 2.54 bits per heavy atom. The number of rotatable bonds is 10. The average Bonchev–Trinajstić information content (AvgIpc) is 3.59. The molecule has 2 aliphatic carbocycles. The SMILES string of the molecule is CC1(NCCSC[C@H](NC(=O)c2ccccc2)C(=O)N2CCCCC2)C[C@H]1C1C=CC(C(F)(F)F)=CC1. The van der Waals surface area contributed by atoms with Gasteiger partial charge in [-0.1, -0.05) is 36.4 Å². The summed E-state index contributed by atoms with van der Waals surface area (Å²) in [5.74, 6) is 1.44. The molecule has 3 aliphatic rings. The second-order valence-corrected chi connectivity index (χ2v) is 11.6. The van der Waals surface area contributed by atoms with Gasteiger partial charge in [0.15, 0.2) is 0 Å². The lowest BCUT2D eigenvalue weighted by Crippen LogP contribution is -2.51. The number of amides is 2. The zero-order valence-electron chi connectivity index (χ0n) is 21.2. The first kappa shape index (κ1) is 27.8. The Bertz CT molecular complexity index is 1010. The van der Waals surface area contributed by atoms with Gasteiger partial charge in [0, 0.05) is 42.2 Å². The van der Waals surface area contributed by atoms with Crippen LogP contribution < -0.4 is 10.6 Å². The molecule has 202 valence electrons. The van der Waals surface area contributed by atoms with E-state index in [-0.39, 0.29) is 23.3 Å². The van der Waals surface area contributed by atoms with Crippen molar-refractivity contribution in [1.82, 2.24) is 15.5 Å². The summed E-state index contributed by atoms with van der Waals surface area (Å²) in [4.78, 5) is 27.8. The molecule has 1 aromatic rings. The first-order chi connectivity index (χ1) is 17.7. The number of hydrogen-bond donors (Lipinski definition) is 2. The summed E-state index contributed by atoms with van der Waals surface area (Å²) in [6, 6.07) is 8.35. The van der Waals surface area contributed by atoms with Crippen molar-refractivity contribution >= 4 is 23.6 Å². The molecule has 0 aromatic heterocycles. The van der Waals surface area contributed by atoms with Crippen LogP contribution in [0.25, 0.3) is 0 Å². The molecule has 0 spiro atoms. The Kier molecular flexibility index (Phi) is 9.06. The molecule has 9 heteroatoms. The number of carbonyl (C=O) groups is 2. The number of halogens is 3. The standard InChI is InChI=1S/C28H36F3N3O2S/c1-27(18-23(27)20-10-12-22(13-11-20)28(29,30)31)32-14-17-37-19-24(26(36)34-15-6-3-7-16-34)33-25(35)21-8-4-2-5-9-21/h2,4-5,8-10,12-13,20,23-24,32H,3,6-7,11,14-19H2,1H3,(H,33,35)/t20?,23-,24-,27?/m0/s1. The van der Waals surface area contributed by atoms with Crippen LogP contribution in [0.4, 0.5) is 13.2 Å². The van der Waals surface area contributed by atoms with Crippen molar-refractivity contribution in [1.29, 1.82) is 0 Å². The molecule has 37 heavy (non-hydrogen) atoms. The van der Waals surface area contributed by atoms with Crippen molar-refractivity contribution in [3.05, 3.63) is 59.7 Å². The number of thioether (sulfide) groups is 1. The van der Waals surface area contributed by atoms with E-state index in [0.29, 0.717) is 23.7 Å². The van der Waals surface area contributed by atoms with Gasteiger partial charge in [-0.2, -0.15) is 24.9 Å². The molecule has 2 fully saturated rings. The normalized spacial score (nSPS) is 26.4. The van der Waals surface area contributed by atoms with E-state index in [9.17, 15) is 22.8 Å². The maximum Gasteiger partial charge on any atom is 0.416 e. The molecule has 1 aliphatic heterocycles. The van der Waals surface area contributed by atoms with Crippen molar-refractivity contribution in [3.8, 4) is 0 Å². The molecule has 4 atom stereocenters. The maximum atomic E-state index is 13.2. The molecule has 1 saturated carbocycles. The van der Waals surface area contributed by atoms with E-state index >= 15 is 0 Å². The largest absolute Gasteiger partial charge is 0.416 e. The Balaban J connectivity index is 1.23. The number of alkyl halides is 3. The van der Waals surface area contributed by atoms with Gasteiger partial charge in [0.1, 0.15) is 6.04 Å². The molecule has 5 nitrogen and oxygen atoms in total. The summed E-state index contributed by atoms with van der Waals surface area (Å²) in [7, 11) is 0. The van der Waals surface area contributed by atoms with Gasteiger partial charge in [-0.05, 0) is 63.0 Å². The summed E-state index contributed by atoms with van der Waals surface area (Å²) in [6.45, 7) is 4.33. The van der Waals surface area contributed by atoms with E-state index < -0.39 is 17.8 Å². The zero-order valence-corrected chi connectivity index (χ0v) is 22.0. The van der Waals surface area contributed by atoms with Crippen LogP contribution in [0.2, 0.25) is 0 Å². The van der Waals surface area contributed by atoms with E-state index in [4.69, 9.17) is 0 Å². The zero-order chi connectivity index (χ0) is 26.5. The minimum absolute atomic E-state index is 0.0194. The average molecular weight is 536 g/mol. The molecular weight excluding hydrogens is 499 g/mol. The van der Waals surface area contributed by atoms with Gasteiger partial charge in [0.2, 0.25) is 5.91 Å². The molecular formula is C28H36F3N3O2S. The summed E-state index contributed by atoms with van der Waals surface area (Å²) >= 11 is 1.63. The highest BCUT2D eigenvalue weighted by molar-refractivity contribution is 7.99. The number of likely N-dealkylation sites (tertiary alicyclic amines) is 1. The lowest BCUT2D eigenvalue weighted by atomic mass is 9.90. The Labute approximate surface area is 221 Å². The molecule has 2 N–H and O–H groups in total. The molecule has 2 amide bonds. The van der Waals surface area contributed by atoms with Crippen LogP contribution in [0.1, 0.15) is 49.4 Å².